The second kappa shape index (κ2) is 4.89. The van der Waals surface area contributed by atoms with Crippen molar-refractivity contribution in [2.75, 3.05) is 0 Å². The predicted molar refractivity (Wildman–Crippen MR) is 59.4 cm³/mol. The van der Waals surface area contributed by atoms with Crippen LogP contribution >= 0.6 is 0 Å². The molecule has 0 fully saturated rings. The van der Waals surface area contributed by atoms with Crippen LogP contribution in [0.1, 0.15) is 18.3 Å². The monoisotopic (exact) mass is 220 g/mol. The fourth-order valence-corrected chi connectivity index (χ4v) is 1.57. The van der Waals surface area contributed by atoms with Gasteiger partial charge in [0.05, 0.1) is 12.7 Å². The molecule has 1 N–H and O–H groups in total. The minimum Gasteiger partial charge on any atom is -0.306 e. The maximum atomic E-state index is 4.19. The van der Waals surface area contributed by atoms with E-state index in [0.29, 0.717) is 0 Å². The Morgan fingerprint density at radius 3 is 2.88 bits per heavy atom. The van der Waals surface area contributed by atoms with Crippen LogP contribution in [0.4, 0.5) is 0 Å². The van der Waals surface area contributed by atoms with Gasteiger partial charge in [0.1, 0.15) is 12.2 Å². The summed E-state index contributed by atoms with van der Waals surface area (Å²) in [5.41, 5.74) is 1.17. The van der Waals surface area contributed by atoms with Crippen molar-refractivity contribution in [2.24, 2.45) is 7.05 Å². The first-order chi connectivity index (χ1) is 7.79. The van der Waals surface area contributed by atoms with Crippen LogP contribution in [0.25, 0.3) is 0 Å². The number of nitrogens with one attached hydrogen (secondary N) is 1. The van der Waals surface area contributed by atoms with E-state index in [4.69, 9.17) is 0 Å². The third-order valence-electron chi connectivity index (χ3n) is 2.37. The van der Waals surface area contributed by atoms with Crippen molar-refractivity contribution in [3.8, 4) is 0 Å². The van der Waals surface area contributed by atoms with Crippen LogP contribution in [0.5, 0.6) is 0 Å². The van der Waals surface area contributed by atoms with Crippen LogP contribution in [-0.2, 0) is 26.7 Å². The summed E-state index contributed by atoms with van der Waals surface area (Å²) in [6, 6.07) is 0. The number of rotatable bonds is 5. The van der Waals surface area contributed by atoms with E-state index >= 15 is 0 Å². The van der Waals surface area contributed by atoms with Gasteiger partial charge in [0.25, 0.3) is 0 Å². The lowest BCUT2D eigenvalue weighted by Gasteiger charge is -2.03. The average Bonchev–Trinajstić information content (AvgIpc) is 2.87. The topological polar surface area (TPSA) is 60.6 Å². The SMILES string of the molecule is CCn1ncnc1CNCc1cnn(C)c1. The van der Waals surface area contributed by atoms with Gasteiger partial charge in [-0.15, -0.1) is 0 Å². The van der Waals surface area contributed by atoms with Gasteiger partial charge in [-0.25, -0.2) is 9.67 Å². The molecule has 0 atom stereocenters. The number of hydrogen-bond acceptors (Lipinski definition) is 4. The molecule has 6 heteroatoms. The lowest BCUT2D eigenvalue weighted by Crippen LogP contribution is -2.16. The van der Waals surface area contributed by atoms with Crippen molar-refractivity contribution < 1.29 is 0 Å². The van der Waals surface area contributed by atoms with E-state index in [2.05, 4.69) is 27.4 Å². The molecular formula is C10H16N6. The van der Waals surface area contributed by atoms with Crippen molar-refractivity contribution in [3.05, 3.63) is 30.1 Å². The zero-order valence-corrected chi connectivity index (χ0v) is 9.59. The van der Waals surface area contributed by atoms with Gasteiger partial charge in [0.15, 0.2) is 0 Å². The fraction of sp³-hybridized carbons (Fsp3) is 0.500. The summed E-state index contributed by atoms with van der Waals surface area (Å²) in [5.74, 6) is 0.964. The van der Waals surface area contributed by atoms with Crippen molar-refractivity contribution >= 4 is 0 Å². The van der Waals surface area contributed by atoms with E-state index in [1.165, 1.54) is 5.56 Å². The van der Waals surface area contributed by atoms with Gasteiger partial charge in [-0.1, -0.05) is 0 Å². The molecule has 0 radical (unpaired) electrons. The van der Waals surface area contributed by atoms with E-state index in [-0.39, 0.29) is 0 Å². The largest absolute Gasteiger partial charge is 0.306 e. The highest BCUT2D eigenvalue weighted by atomic mass is 15.3. The summed E-state index contributed by atoms with van der Waals surface area (Å²) < 4.78 is 3.68. The molecule has 0 bridgehead atoms. The summed E-state index contributed by atoms with van der Waals surface area (Å²) in [5, 5.41) is 11.5. The molecule has 0 saturated heterocycles. The van der Waals surface area contributed by atoms with E-state index in [9.17, 15) is 0 Å². The molecule has 0 amide bonds. The molecule has 0 aliphatic carbocycles. The van der Waals surface area contributed by atoms with Crippen molar-refractivity contribution in [1.82, 2.24) is 29.9 Å². The molecule has 86 valence electrons. The molecular weight excluding hydrogens is 204 g/mol. The number of hydrogen-bond donors (Lipinski definition) is 1. The van der Waals surface area contributed by atoms with Crippen LogP contribution in [0.15, 0.2) is 18.7 Å². The smallest absolute Gasteiger partial charge is 0.140 e. The third kappa shape index (κ3) is 2.46. The van der Waals surface area contributed by atoms with Crippen LogP contribution in [0.3, 0.4) is 0 Å². The summed E-state index contributed by atoms with van der Waals surface area (Å²) in [6.45, 7) is 4.43. The predicted octanol–water partition coefficient (Wildman–Crippen LogP) is 0.321. The Morgan fingerprint density at radius 2 is 2.19 bits per heavy atom. The number of aryl methyl sites for hydroxylation is 2. The Hall–Kier alpha value is -1.69. The molecule has 0 aliphatic rings. The molecule has 16 heavy (non-hydrogen) atoms. The highest BCUT2D eigenvalue weighted by molar-refractivity contribution is 5.03. The van der Waals surface area contributed by atoms with Gasteiger partial charge < -0.3 is 5.32 Å². The number of aromatic nitrogens is 5. The summed E-state index contributed by atoms with van der Waals surface area (Å²) in [4.78, 5) is 4.19. The van der Waals surface area contributed by atoms with Crippen LogP contribution in [-0.4, -0.2) is 24.5 Å². The average molecular weight is 220 g/mol. The molecule has 0 unspecified atom stereocenters. The van der Waals surface area contributed by atoms with Crippen LogP contribution in [0.2, 0.25) is 0 Å². The van der Waals surface area contributed by atoms with Gasteiger partial charge in [-0.2, -0.15) is 10.2 Å². The lowest BCUT2D eigenvalue weighted by molar-refractivity contribution is 0.572. The molecule has 2 rings (SSSR count). The standard InChI is InChI=1S/C10H16N6/c1-3-16-10(12-8-14-16)6-11-4-9-5-13-15(2)7-9/h5,7-8,11H,3-4,6H2,1-2H3. The quantitative estimate of drug-likeness (QED) is 0.788. The normalized spacial score (nSPS) is 10.9. The van der Waals surface area contributed by atoms with Crippen LogP contribution < -0.4 is 5.32 Å². The third-order valence-corrected chi connectivity index (χ3v) is 2.37. The maximum Gasteiger partial charge on any atom is 0.140 e. The Labute approximate surface area is 94.3 Å². The molecule has 0 aliphatic heterocycles. The zero-order chi connectivity index (χ0) is 11.4. The second-order valence-corrected chi connectivity index (χ2v) is 3.62. The highest BCUT2D eigenvalue weighted by Crippen LogP contribution is 1.97. The molecule has 0 saturated carbocycles. The van der Waals surface area contributed by atoms with Gasteiger partial charge in [0.2, 0.25) is 0 Å². The van der Waals surface area contributed by atoms with E-state index in [1.807, 2.05) is 24.1 Å². The van der Waals surface area contributed by atoms with Gasteiger partial charge in [-0.05, 0) is 6.92 Å². The van der Waals surface area contributed by atoms with Gasteiger partial charge in [-0.3, -0.25) is 4.68 Å². The first kappa shape index (κ1) is 10.8. The van der Waals surface area contributed by atoms with Crippen LogP contribution in [0, 0.1) is 0 Å². The molecule has 0 spiro atoms. The van der Waals surface area contributed by atoms with Crippen molar-refractivity contribution in [2.45, 2.75) is 26.6 Å². The van der Waals surface area contributed by atoms with Crippen molar-refractivity contribution in [1.29, 1.82) is 0 Å². The Kier molecular flexibility index (Phi) is 3.31. The molecule has 2 heterocycles. The van der Waals surface area contributed by atoms with E-state index in [0.717, 1.165) is 25.5 Å². The van der Waals surface area contributed by atoms with Crippen molar-refractivity contribution in [3.63, 3.8) is 0 Å². The first-order valence-corrected chi connectivity index (χ1v) is 5.34. The zero-order valence-electron chi connectivity index (χ0n) is 9.59. The minimum atomic E-state index is 0.725. The van der Waals surface area contributed by atoms with E-state index < -0.39 is 0 Å². The van der Waals surface area contributed by atoms with Gasteiger partial charge >= 0.3 is 0 Å². The Balaban J connectivity index is 1.84. The first-order valence-electron chi connectivity index (χ1n) is 5.34. The number of nitrogens with zero attached hydrogens (tertiary/aromatic N) is 5. The molecule has 0 aromatic carbocycles. The lowest BCUT2D eigenvalue weighted by atomic mass is 10.3. The molecule has 2 aromatic rings. The second-order valence-electron chi connectivity index (χ2n) is 3.62. The Bertz CT molecular complexity index is 444. The molecule has 2 aromatic heterocycles. The fourth-order valence-electron chi connectivity index (χ4n) is 1.57. The maximum absolute atomic E-state index is 4.19. The summed E-state index contributed by atoms with van der Waals surface area (Å²) in [6.07, 6.45) is 5.44. The Morgan fingerprint density at radius 1 is 1.31 bits per heavy atom. The van der Waals surface area contributed by atoms with Gasteiger partial charge in [0, 0.05) is 31.9 Å². The molecule has 6 nitrogen and oxygen atoms in total. The highest BCUT2D eigenvalue weighted by Gasteiger charge is 2.02. The summed E-state index contributed by atoms with van der Waals surface area (Å²) in [7, 11) is 1.91. The minimum absolute atomic E-state index is 0.725. The summed E-state index contributed by atoms with van der Waals surface area (Å²) >= 11 is 0. The van der Waals surface area contributed by atoms with E-state index in [1.54, 1.807) is 11.0 Å².